The average Bonchev–Trinajstić information content (AvgIpc) is 3.37. The molecule has 2 aliphatic heterocycles. The van der Waals surface area contributed by atoms with Crippen LogP contribution in [0.4, 0.5) is 0 Å². The maximum absolute atomic E-state index is 12.6. The van der Waals surface area contributed by atoms with E-state index in [1.807, 2.05) is 0 Å². The van der Waals surface area contributed by atoms with Crippen molar-refractivity contribution in [3.05, 3.63) is 0 Å². The Balaban J connectivity index is 1.33. The fraction of sp³-hybridized carbons (Fsp3) is 0.867. The molecule has 430 valence electrons. The second-order valence-electron chi connectivity index (χ2n) is 16.5. The number of hydrogen-bond donors (Lipinski definition) is 10. The summed E-state index contributed by atoms with van der Waals surface area (Å²) in [6.45, 7) is 7.37. The lowest BCUT2D eigenvalue weighted by atomic mass is 9.96. The van der Waals surface area contributed by atoms with E-state index in [-0.39, 0.29) is 109 Å². The summed E-state index contributed by atoms with van der Waals surface area (Å²) < 4.78 is 65.3. The van der Waals surface area contributed by atoms with Gasteiger partial charge in [0.25, 0.3) is 0 Å². The summed E-state index contributed by atoms with van der Waals surface area (Å²) in [5.41, 5.74) is 0. The van der Waals surface area contributed by atoms with E-state index in [4.69, 9.17) is 56.8 Å². The molecule has 74 heavy (non-hydrogen) atoms. The molecular weight excluding hydrogens is 1010 g/mol. The van der Waals surface area contributed by atoms with Crippen LogP contribution in [0.2, 0.25) is 0 Å². The minimum absolute atomic E-state index is 0.00225. The molecule has 0 bridgehead atoms. The van der Waals surface area contributed by atoms with E-state index >= 15 is 0 Å². The number of aliphatic hydroxyl groups excluding tert-OH is 4. The lowest BCUT2D eigenvalue weighted by molar-refractivity contribution is -0.255. The fourth-order valence-corrected chi connectivity index (χ4v) is 7.60. The number of hydrogen-bond acceptors (Lipinski definition) is 23. The summed E-state index contributed by atoms with van der Waals surface area (Å²) in [6.07, 6.45) is -7.50. The van der Waals surface area contributed by atoms with Crippen LogP contribution in [0.1, 0.15) is 33.1 Å². The van der Waals surface area contributed by atoms with Crippen molar-refractivity contribution in [2.75, 3.05) is 152 Å². The number of rotatable bonds is 42. The molecule has 3 unspecified atom stereocenters. The molecule has 10 N–H and O–H groups in total. The van der Waals surface area contributed by atoms with E-state index in [1.165, 1.54) is 39.8 Å². The van der Waals surface area contributed by atoms with Gasteiger partial charge >= 0.3 is 0 Å². The first-order valence-electron chi connectivity index (χ1n) is 24.5. The summed E-state index contributed by atoms with van der Waals surface area (Å²) in [5, 5.41) is 56.7. The summed E-state index contributed by atoms with van der Waals surface area (Å²) in [5.74, 6) is -2.09. The number of aliphatic hydroxyl groups is 4. The minimum Gasteiger partial charge on any atom is -0.388 e. The maximum atomic E-state index is 12.6. The van der Waals surface area contributed by atoms with Crippen molar-refractivity contribution in [3.8, 4) is 0 Å². The van der Waals surface area contributed by atoms with Crippen molar-refractivity contribution in [1.29, 1.82) is 0 Å². The van der Waals surface area contributed by atoms with Crippen molar-refractivity contribution in [2.24, 2.45) is 0 Å². The van der Waals surface area contributed by atoms with Crippen LogP contribution in [-0.4, -0.2) is 275 Å². The van der Waals surface area contributed by atoms with Gasteiger partial charge in [-0.25, -0.2) is 0 Å². The van der Waals surface area contributed by atoms with Crippen LogP contribution in [-0.2, 0) is 85.6 Å². The highest BCUT2D eigenvalue weighted by Gasteiger charge is 2.46. The van der Waals surface area contributed by atoms with Gasteiger partial charge in [0.05, 0.1) is 111 Å². The highest BCUT2D eigenvalue weighted by molar-refractivity contribution is 7.99. The van der Waals surface area contributed by atoms with Crippen molar-refractivity contribution in [2.45, 2.75) is 99.6 Å². The lowest BCUT2D eigenvalue weighted by Crippen LogP contribution is -2.65. The highest BCUT2D eigenvalue weighted by atomic mass is 32.2. The Kier molecular flexibility index (Phi) is 36.7. The molecule has 11 atom stereocenters. The predicted octanol–water partition coefficient (Wildman–Crippen LogP) is -5.32. The first-order valence-corrected chi connectivity index (χ1v) is 25.8. The van der Waals surface area contributed by atoms with E-state index in [1.54, 1.807) is 6.26 Å². The molecule has 2 rings (SSSR count). The van der Waals surface area contributed by atoms with Gasteiger partial charge in [-0.05, 0) is 6.26 Å². The van der Waals surface area contributed by atoms with Gasteiger partial charge in [0.1, 0.15) is 48.7 Å². The summed E-state index contributed by atoms with van der Waals surface area (Å²) >= 11 is 1.27. The molecule has 2 saturated heterocycles. The smallest absolute Gasteiger partial charge is 0.233 e. The van der Waals surface area contributed by atoms with Gasteiger partial charge in [-0.15, -0.1) is 0 Å². The molecule has 0 spiro atoms. The third-order valence-electron chi connectivity index (χ3n) is 10.8. The standard InChI is InChI=1S/C45H82N6O22S/c1-29(52)50-37-41(59)39(57)31(72-44(37)62-3)27-48-34(54)6-10-64-14-18-68-22-24-70-20-16-66-12-8-46-36(56)26-33(74-5)43(61)47-9-13-67-17-21-71-25-23-69-19-15-65-11-7-35(55)49-28-32-40(58)42(60)38(51-30(2)53)45(63-4)73-32/h31-33,37-42,44-45,57-60H,6-28H2,1-5H3,(H,46,56)(H,47,61)(H,48,54)(H,49,55)(H,50,52)(H,51,53)/t31-,32-,33?,37-,38-,39+,40+,41-,42-,44?,45?/m1/s1. The average molecular weight is 1090 g/mol. The van der Waals surface area contributed by atoms with Gasteiger partial charge in [0.2, 0.25) is 35.4 Å². The molecule has 0 aromatic rings. The second-order valence-corrected chi connectivity index (χ2v) is 17.6. The Bertz CT molecular complexity index is 1580. The Labute approximate surface area is 436 Å². The summed E-state index contributed by atoms with van der Waals surface area (Å²) in [6, 6.07) is -1.93. The third kappa shape index (κ3) is 28.6. The number of thioether (sulfide) groups is 1. The normalized spacial score (nSPS) is 24.1. The molecule has 2 fully saturated rings. The van der Waals surface area contributed by atoms with E-state index < -0.39 is 78.4 Å². The van der Waals surface area contributed by atoms with Crippen LogP contribution in [0.15, 0.2) is 0 Å². The summed E-state index contributed by atoms with van der Waals surface area (Å²) in [4.78, 5) is 72.3. The van der Waals surface area contributed by atoms with E-state index in [0.29, 0.717) is 66.1 Å². The van der Waals surface area contributed by atoms with Gasteiger partial charge < -0.3 is 109 Å². The predicted molar refractivity (Wildman–Crippen MR) is 260 cm³/mol. The monoisotopic (exact) mass is 1090 g/mol. The molecular formula is C45H82N6O22S. The number of carbonyl (C=O) groups excluding carboxylic acids is 6. The maximum Gasteiger partial charge on any atom is 0.233 e. The molecule has 28 nitrogen and oxygen atoms in total. The van der Waals surface area contributed by atoms with Crippen molar-refractivity contribution >= 4 is 47.2 Å². The van der Waals surface area contributed by atoms with Crippen molar-refractivity contribution in [3.63, 3.8) is 0 Å². The van der Waals surface area contributed by atoms with Gasteiger partial charge in [-0.2, -0.15) is 11.8 Å². The SMILES string of the molecule is COC1O[C@H](CNC(=O)CCOCCOCCOCCOCCNC(=O)CC(SC)C(=O)NCCOCCOCCOCCOCCC(=O)NC[C@H]2OC(OC)[C@H](NC(C)=O)[C@@H](O)[C@H]2O)[C@H](O)[C@H](O)[C@H]1NC(C)=O. The van der Waals surface area contributed by atoms with Crippen molar-refractivity contribution < 1.29 is 106 Å². The quantitative estimate of drug-likeness (QED) is 0.0255. The van der Waals surface area contributed by atoms with Gasteiger partial charge in [0.15, 0.2) is 12.6 Å². The number of amides is 6. The van der Waals surface area contributed by atoms with E-state index in [0.717, 1.165) is 0 Å². The molecule has 29 heteroatoms. The largest absolute Gasteiger partial charge is 0.388 e. The molecule has 0 saturated carbocycles. The highest BCUT2D eigenvalue weighted by Crippen LogP contribution is 2.23. The van der Waals surface area contributed by atoms with Gasteiger partial charge in [-0.3, -0.25) is 28.8 Å². The van der Waals surface area contributed by atoms with Crippen LogP contribution in [0.5, 0.6) is 0 Å². The zero-order chi connectivity index (χ0) is 54.5. The molecule has 0 radical (unpaired) electrons. The van der Waals surface area contributed by atoms with Crippen LogP contribution >= 0.6 is 11.8 Å². The van der Waals surface area contributed by atoms with Gasteiger partial charge in [0, 0.05) is 73.5 Å². The molecule has 2 aliphatic rings. The number of ether oxygens (including phenoxy) is 12. The Morgan fingerprint density at radius 1 is 0.473 bits per heavy atom. The summed E-state index contributed by atoms with van der Waals surface area (Å²) in [7, 11) is 2.67. The zero-order valence-corrected chi connectivity index (χ0v) is 44.0. The van der Waals surface area contributed by atoms with Crippen LogP contribution in [0.25, 0.3) is 0 Å². The first-order chi connectivity index (χ1) is 35.6. The van der Waals surface area contributed by atoms with E-state index in [2.05, 4.69) is 31.9 Å². The lowest BCUT2D eigenvalue weighted by Gasteiger charge is -2.42. The first kappa shape index (κ1) is 66.6. The minimum atomic E-state index is -1.36. The molecule has 0 aliphatic carbocycles. The fourth-order valence-electron chi connectivity index (χ4n) is 6.99. The Morgan fingerprint density at radius 2 is 0.811 bits per heavy atom. The molecule has 2 heterocycles. The van der Waals surface area contributed by atoms with Crippen LogP contribution < -0.4 is 31.9 Å². The number of methoxy groups -OCH3 is 2. The molecule has 0 aromatic carbocycles. The number of nitrogens with one attached hydrogen (secondary N) is 6. The zero-order valence-electron chi connectivity index (χ0n) is 43.2. The van der Waals surface area contributed by atoms with Crippen LogP contribution in [0.3, 0.4) is 0 Å². The number of carbonyl (C=O) groups is 6. The second kappa shape index (κ2) is 40.7. The molecule has 6 amide bonds. The topological polar surface area (TPSA) is 366 Å². The third-order valence-corrected chi connectivity index (χ3v) is 11.8. The van der Waals surface area contributed by atoms with E-state index in [9.17, 15) is 49.2 Å². The van der Waals surface area contributed by atoms with Crippen molar-refractivity contribution in [1.82, 2.24) is 31.9 Å². The Hall–Kier alpha value is -3.47. The Morgan fingerprint density at radius 3 is 1.15 bits per heavy atom. The molecule has 0 aromatic heterocycles. The van der Waals surface area contributed by atoms with Gasteiger partial charge in [-0.1, -0.05) is 0 Å². The van der Waals surface area contributed by atoms with Crippen LogP contribution in [0, 0.1) is 0 Å².